The number of hydrogen-bond acceptors (Lipinski definition) is 5. The lowest BCUT2D eigenvalue weighted by atomic mass is 10.0. The molecule has 0 bridgehead atoms. The van der Waals surface area contributed by atoms with Crippen molar-refractivity contribution in [2.45, 2.75) is 13.8 Å². The number of aryl methyl sites for hydroxylation is 1. The summed E-state index contributed by atoms with van der Waals surface area (Å²) >= 11 is 0. The van der Waals surface area contributed by atoms with Crippen molar-refractivity contribution in [2.24, 2.45) is 0 Å². The van der Waals surface area contributed by atoms with E-state index in [4.69, 9.17) is 5.26 Å². The molecule has 2 aromatic carbocycles. The van der Waals surface area contributed by atoms with E-state index in [1.54, 1.807) is 24.3 Å². The highest BCUT2D eigenvalue weighted by Crippen LogP contribution is 2.35. The maximum Gasteiger partial charge on any atom is 0.282 e. The quantitative estimate of drug-likeness (QED) is 0.739. The molecular weight excluding hydrogens is 376 g/mol. The zero-order valence-corrected chi connectivity index (χ0v) is 17.3. The monoisotopic (exact) mass is 400 g/mol. The molecule has 1 fully saturated rings. The first-order chi connectivity index (χ1) is 14.5. The van der Waals surface area contributed by atoms with Crippen LogP contribution in [0.5, 0.6) is 0 Å². The molecule has 0 radical (unpaired) electrons. The van der Waals surface area contributed by atoms with Crippen LogP contribution in [-0.2, 0) is 9.59 Å². The fourth-order valence-corrected chi connectivity index (χ4v) is 4.00. The second-order valence-electron chi connectivity index (χ2n) is 7.62. The smallest absolute Gasteiger partial charge is 0.282 e. The largest absolute Gasteiger partial charge is 0.364 e. The Morgan fingerprint density at radius 2 is 1.53 bits per heavy atom. The number of nitrogens with zero attached hydrogens (tertiary/aromatic N) is 4. The lowest BCUT2D eigenvalue weighted by Crippen LogP contribution is -2.47. The molecule has 2 amide bonds. The summed E-state index contributed by atoms with van der Waals surface area (Å²) in [5, 5.41) is 9.05. The average molecular weight is 400 g/mol. The van der Waals surface area contributed by atoms with Crippen molar-refractivity contribution in [2.75, 3.05) is 37.6 Å². The molecule has 0 saturated carbocycles. The van der Waals surface area contributed by atoms with Crippen LogP contribution in [0.2, 0.25) is 0 Å². The zero-order valence-electron chi connectivity index (χ0n) is 17.3. The summed E-state index contributed by atoms with van der Waals surface area (Å²) in [4.78, 5) is 32.6. The van der Waals surface area contributed by atoms with Gasteiger partial charge in [0.2, 0.25) is 0 Å². The van der Waals surface area contributed by atoms with Gasteiger partial charge in [-0.2, -0.15) is 5.26 Å². The van der Waals surface area contributed by atoms with E-state index in [0.717, 1.165) is 30.8 Å². The predicted molar refractivity (Wildman–Crippen MR) is 115 cm³/mol. The van der Waals surface area contributed by atoms with Gasteiger partial charge in [0, 0.05) is 26.2 Å². The molecule has 0 spiro atoms. The highest BCUT2D eigenvalue weighted by Gasteiger charge is 2.42. The number of piperazine rings is 1. The first kappa shape index (κ1) is 19.9. The lowest BCUT2D eigenvalue weighted by Gasteiger charge is -2.36. The molecule has 2 aliphatic heterocycles. The Kier molecular flexibility index (Phi) is 5.39. The van der Waals surface area contributed by atoms with Crippen LogP contribution in [0.25, 0.3) is 5.57 Å². The molecular formula is C24H24N4O2. The van der Waals surface area contributed by atoms with Crippen LogP contribution in [0.15, 0.2) is 54.2 Å². The number of benzene rings is 2. The van der Waals surface area contributed by atoms with Crippen molar-refractivity contribution in [3.63, 3.8) is 0 Å². The summed E-state index contributed by atoms with van der Waals surface area (Å²) in [7, 11) is 0. The number of carbonyl (C=O) groups excluding carboxylic acids is 2. The third kappa shape index (κ3) is 3.49. The zero-order chi connectivity index (χ0) is 21.3. The standard InChI is InChI=1S/C24H24N4O2/c1-3-26-12-14-27(15-13-26)22-21(19-8-4-17(2)5-9-19)23(29)28(24(22)30)20-10-6-18(16-25)7-11-20/h4-11H,3,12-15H2,1-2H3. The average Bonchev–Trinajstić information content (AvgIpc) is 3.04. The van der Waals surface area contributed by atoms with Crippen molar-refractivity contribution < 1.29 is 9.59 Å². The van der Waals surface area contributed by atoms with Crippen molar-refractivity contribution in [3.8, 4) is 6.07 Å². The van der Waals surface area contributed by atoms with Crippen molar-refractivity contribution in [1.29, 1.82) is 5.26 Å². The summed E-state index contributed by atoms with van der Waals surface area (Å²) in [6.45, 7) is 8.23. The van der Waals surface area contributed by atoms with Crippen LogP contribution in [0.1, 0.15) is 23.6 Å². The number of hydrogen-bond donors (Lipinski definition) is 0. The Balaban J connectivity index is 1.76. The summed E-state index contributed by atoms with van der Waals surface area (Å²) in [5.41, 5.74) is 3.75. The van der Waals surface area contributed by atoms with Crippen molar-refractivity contribution >= 4 is 23.1 Å². The second kappa shape index (κ2) is 8.13. The minimum Gasteiger partial charge on any atom is -0.364 e. The van der Waals surface area contributed by atoms with E-state index >= 15 is 0 Å². The lowest BCUT2D eigenvalue weighted by molar-refractivity contribution is -0.120. The Hall–Kier alpha value is -3.43. The fraction of sp³-hybridized carbons (Fsp3) is 0.292. The number of amides is 2. The van der Waals surface area contributed by atoms with Crippen LogP contribution in [-0.4, -0.2) is 54.3 Å². The maximum absolute atomic E-state index is 13.5. The molecule has 152 valence electrons. The van der Waals surface area contributed by atoms with Gasteiger partial charge in [-0.3, -0.25) is 9.59 Å². The van der Waals surface area contributed by atoms with Crippen LogP contribution >= 0.6 is 0 Å². The van der Waals surface area contributed by atoms with Gasteiger partial charge in [0.1, 0.15) is 5.70 Å². The Bertz CT molecular complexity index is 1040. The normalized spacial score (nSPS) is 17.6. The van der Waals surface area contributed by atoms with Crippen molar-refractivity contribution in [3.05, 3.63) is 70.9 Å². The topological polar surface area (TPSA) is 67.7 Å². The SMILES string of the molecule is CCN1CCN(C2=C(c3ccc(C)cc3)C(=O)N(c3ccc(C#N)cc3)C2=O)CC1. The molecule has 1 saturated heterocycles. The molecule has 0 aromatic heterocycles. The van der Waals surface area contributed by atoms with Crippen LogP contribution in [0.3, 0.4) is 0 Å². The van der Waals surface area contributed by atoms with Gasteiger partial charge >= 0.3 is 0 Å². The summed E-state index contributed by atoms with van der Waals surface area (Å²) in [6, 6.07) is 16.3. The fourth-order valence-electron chi connectivity index (χ4n) is 4.00. The molecule has 0 N–H and O–H groups in total. The molecule has 0 atom stereocenters. The molecule has 4 rings (SSSR count). The Morgan fingerprint density at radius 1 is 0.900 bits per heavy atom. The van der Waals surface area contributed by atoms with E-state index in [1.165, 1.54) is 4.90 Å². The third-order valence-corrected chi connectivity index (χ3v) is 5.79. The highest BCUT2D eigenvalue weighted by molar-refractivity contribution is 6.45. The summed E-state index contributed by atoms with van der Waals surface area (Å²) in [5.74, 6) is -0.619. The summed E-state index contributed by atoms with van der Waals surface area (Å²) in [6.07, 6.45) is 0. The summed E-state index contributed by atoms with van der Waals surface area (Å²) < 4.78 is 0. The van der Waals surface area contributed by atoms with Gasteiger partial charge in [0.15, 0.2) is 0 Å². The second-order valence-corrected chi connectivity index (χ2v) is 7.62. The number of anilines is 1. The molecule has 2 heterocycles. The number of carbonyl (C=O) groups is 2. The Labute approximate surface area is 176 Å². The van der Waals surface area contributed by atoms with E-state index in [-0.39, 0.29) is 11.8 Å². The van der Waals surface area contributed by atoms with Gasteiger partial charge in [-0.05, 0) is 43.3 Å². The molecule has 2 aromatic rings. The van der Waals surface area contributed by atoms with Gasteiger partial charge < -0.3 is 9.80 Å². The first-order valence-corrected chi connectivity index (χ1v) is 10.2. The molecule has 2 aliphatic rings. The van der Waals surface area contributed by atoms with E-state index < -0.39 is 0 Å². The Morgan fingerprint density at radius 3 is 2.10 bits per heavy atom. The van der Waals surface area contributed by atoms with E-state index in [2.05, 4.69) is 17.9 Å². The van der Waals surface area contributed by atoms with Gasteiger partial charge in [0.05, 0.1) is 22.9 Å². The number of imide groups is 1. The first-order valence-electron chi connectivity index (χ1n) is 10.2. The van der Waals surface area contributed by atoms with Crippen molar-refractivity contribution in [1.82, 2.24) is 9.80 Å². The minimum atomic E-state index is -0.318. The molecule has 0 aliphatic carbocycles. The number of rotatable bonds is 4. The molecule has 0 unspecified atom stereocenters. The van der Waals surface area contributed by atoms with Gasteiger partial charge in [-0.1, -0.05) is 36.8 Å². The van der Waals surface area contributed by atoms with Crippen LogP contribution in [0, 0.1) is 18.3 Å². The number of nitriles is 1. The van der Waals surface area contributed by atoms with Crippen LogP contribution < -0.4 is 4.90 Å². The maximum atomic E-state index is 13.5. The molecule has 6 heteroatoms. The van der Waals surface area contributed by atoms with Crippen LogP contribution in [0.4, 0.5) is 5.69 Å². The van der Waals surface area contributed by atoms with E-state index in [0.29, 0.717) is 35.6 Å². The number of likely N-dealkylation sites (N-methyl/N-ethyl adjacent to an activating group) is 1. The highest BCUT2D eigenvalue weighted by atomic mass is 16.2. The molecule has 6 nitrogen and oxygen atoms in total. The van der Waals surface area contributed by atoms with E-state index in [1.807, 2.05) is 36.1 Å². The third-order valence-electron chi connectivity index (χ3n) is 5.79. The minimum absolute atomic E-state index is 0.301. The van der Waals surface area contributed by atoms with Gasteiger partial charge in [0.25, 0.3) is 11.8 Å². The van der Waals surface area contributed by atoms with E-state index in [9.17, 15) is 9.59 Å². The predicted octanol–water partition coefficient (Wildman–Crippen LogP) is 2.79. The van der Waals surface area contributed by atoms with Gasteiger partial charge in [-0.15, -0.1) is 0 Å². The van der Waals surface area contributed by atoms with Gasteiger partial charge in [-0.25, -0.2) is 4.90 Å². The molecule has 30 heavy (non-hydrogen) atoms.